The van der Waals surface area contributed by atoms with Crippen LogP contribution >= 0.6 is 0 Å². The number of rotatable bonds is 3. The molecule has 1 atom stereocenters. The lowest BCUT2D eigenvalue weighted by atomic mass is 10.1. The zero-order chi connectivity index (χ0) is 13.8. The maximum atomic E-state index is 11.9. The van der Waals surface area contributed by atoms with Gasteiger partial charge in [0.15, 0.2) is 0 Å². The Morgan fingerprint density at radius 2 is 2.17 bits per heavy atom. The van der Waals surface area contributed by atoms with Crippen LogP contribution in [-0.2, 0) is 14.3 Å². The number of hydrogen-bond donors (Lipinski definition) is 0. The van der Waals surface area contributed by atoms with Crippen molar-refractivity contribution in [3.63, 3.8) is 0 Å². The summed E-state index contributed by atoms with van der Waals surface area (Å²) in [6, 6.07) is 0. The summed E-state index contributed by atoms with van der Waals surface area (Å²) in [5, 5.41) is 0. The molecular formula is C13H23NO4. The van der Waals surface area contributed by atoms with E-state index in [0.717, 1.165) is 19.3 Å². The van der Waals surface area contributed by atoms with E-state index in [2.05, 4.69) is 6.92 Å². The first-order valence-corrected chi connectivity index (χ1v) is 6.49. The first-order valence-electron chi connectivity index (χ1n) is 6.49. The van der Waals surface area contributed by atoms with E-state index in [1.807, 2.05) is 20.8 Å². The highest BCUT2D eigenvalue weighted by molar-refractivity contribution is 5.79. The summed E-state index contributed by atoms with van der Waals surface area (Å²) in [5.41, 5.74) is -0.544. The van der Waals surface area contributed by atoms with Crippen molar-refractivity contribution in [2.45, 2.75) is 58.7 Å². The summed E-state index contributed by atoms with van der Waals surface area (Å²) < 4.78 is 10.5. The van der Waals surface area contributed by atoms with Crippen molar-refractivity contribution in [1.82, 2.24) is 4.90 Å². The van der Waals surface area contributed by atoms with Crippen molar-refractivity contribution in [3.8, 4) is 0 Å². The van der Waals surface area contributed by atoms with Crippen LogP contribution in [0, 0.1) is 0 Å². The Labute approximate surface area is 108 Å². The number of carbonyl (C=O) groups excluding carboxylic acids is 2. The van der Waals surface area contributed by atoms with Crippen molar-refractivity contribution in [1.29, 1.82) is 0 Å². The molecule has 0 aromatic heterocycles. The number of hydrogen-bond acceptors (Lipinski definition) is 4. The summed E-state index contributed by atoms with van der Waals surface area (Å²) in [5.74, 6) is -0.354. The van der Waals surface area contributed by atoms with Gasteiger partial charge in [0, 0.05) is 0 Å². The monoisotopic (exact) mass is 257 g/mol. The predicted octanol–water partition coefficient (Wildman–Crippen LogP) is 2.34. The van der Waals surface area contributed by atoms with Gasteiger partial charge in [0.05, 0.1) is 6.54 Å². The van der Waals surface area contributed by atoms with Gasteiger partial charge in [0.1, 0.15) is 18.2 Å². The number of nitrogens with zero attached hydrogens (tertiary/aromatic N) is 1. The van der Waals surface area contributed by atoms with Crippen LogP contribution in [-0.4, -0.2) is 41.8 Å². The molecule has 0 aromatic carbocycles. The number of ether oxygens (including phenoxy) is 2. The SMILES string of the molecule is CCCC[C@H]1CN(C(=O)OC(C)(C)C)CC(=O)O1. The molecule has 0 N–H and O–H groups in total. The first kappa shape index (κ1) is 14.8. The number of amides is 1. The molecule has 1 fully saturated rings. The van der Waals surface area contributed by atoms with Gasteiger partial charge in [0.25, 0.3) is 0 Å². The van der Waals surface area contributed by atoms with Crippen LogP contribution < -0.4 is 0 Å². The zero-order valence-corrected chi connectivity index (χ0v) is 11.7. The van der Waals surface area contributed by atoms with E-state index in [4.69, 9.17) is 9.47 Å². The normalized spacial score (nSPS) is 20.6. The Hall–Kier alpha value is -1.26. The molecule has 5 nitrogen and oxygen atoms in total. The van der Waals surface area contributed by atoms with Gasteiger partial charge in [0.2, 0.25) is 0 Å². The Morgan fingerprint density at radius 1 is 1.50 bits per heavy atom. The van der Waals surface area contributed by atoms with E-state index in [1.165, 1.54) is 4.90 Å². The first-order chi connectivity index (χ1) is 8.31. The Bertz CT molecular complexity index is 309. The van der Waals surface area contributed by atoms with Crippen LogP contribution in [0.2, 0.25) is 0 Å². The fourth-order valence-electron chi connectivity index (χ4n) is 1.77. The minimum Gasteiger partial charge on any atom is -0.459 e. The molecule has 1 rings (SSSR count). The van der Waals surface area contributed by atoms with E-state index >= 15 is 0 Å². The third-order valence-corrected chi connectivity index (χ3v) is 2.57. The largest absolute Gasteiger partial charge is 0.459 e. The molecule has 0 unspecified atom stereocenters. The number of cyclic esters (lactones) is 1. The lowest BCUT2D eigenvalue weighted by Gasteiger charge is -2.33. The topological polar surface area (TPSA) is 55.8 Å². The van der Waals surface area contributed by atoms with Gasteiger partial charge in [-0.25, -0.2) is 4.79 Å². The average Bonchev–Trinajstić information content (AvgIpc) is 2.23. The van der Waals surface area contributed by atoms with Crippen molar-refractivity contribution < 1.29 is 19.1 Å². The summed E-state index contributed by atoms with van der Waals surface area (Å²) >= 11 is 0. The molecule has 0 aliphatic carbocycles. The van der Waals surface area contributed by atoms with Gasteiger partial charge in [-0.05, 0) is 33.6 Å². The lowest BCUT2D eigenvalue weighted by molar-refractivity contribution is -0.158. The summed E-state index contributed by atoms with van der Waals surface area (Å²) in [6.07, 6.45) is 2.18. The molecule has 1 amide bonds. The maximum absolute atomic E-state index is 11.9. The van der Waals surface area contributed by atoms with Crippen molar-refractivity contribution in [3.05, 3.63) is 0 Å². The molecule has 1 aliphatic rings. The summed E-state index contributed by atoms with van der Waals surface area (Å²) in [4.78, 5) is 24.7. The van der Waals surface area contributed by atoms with E-state index in [1.54, 1.807) is 0 Å². The number of unbranched alkanes of at least 4 members (excludes halogenated alkanes) is 1. The smallest absolute Gasteiger partial charge is 0.410 e. The highest BCUT2D eigenvalue weighted by atomic mass is 16.6. The Kier molecular flexibility index (Phi) is 4.99. The number of carbonyl (C=O) groups is 2. The Morgan fingerprint density at radius 3 is 2.72 bits per heavy atom. The fourth-order valence-corrected chi connectivity index (χ4v) is 1.77. The third kappa shape index (κ3) is 4.94. The van der Waals surface area contributed by atoms with Crippen molar-refractivity contribution >= 4 is 12.1 Å². The van der Waals surface area contributed by atoms with Crippen LogP contribution in [0.5, 0.6) is 0 Å². The zero-order valence-electron chi connectivity index (χ0n) is 11.7. The highest BCUT2D eigenvalue weighted by Crippen LogP contribution is 2.16. The Balaban J connectivity index is 2.54. The molecule has 0 spiro atoms. The van der Waals surface area contributed by atoms with E-state index in [0.29, 0.717) is 6.54 Å². The van der Waals surface area contributed by atoms with E-state index < -0.39 is 11.7 Å². The highest BCUT2D eigenvalue weighted by Gasteiger charge is 2.32. The van der Waals surface area contributed by atoms with Crippen LogP contribution in [0.4, 0.5) is 4.79 Å². The predicted molar refractivity (Wildman–Crippen MR) is 67.2 cm³/mol. The molecule has 104 valence electrons. The van der Waals surface area contributed by atoms with E-state index in [-0.39, 0.29) is 18.6 Å². The van der Waals surface area contributed by atoms with Crippen molar-refractivity contribution in [2.24, 2.45) is 0 Å². The molecular weight excluding hydrogens is 234 g/mol. The van der Waals surface area contributed by atoms with Gasteiger partial charge in [-0.3, -0.25) is 9.69 Å². The lowest BCUT2D eigenvalue weighted by Crippen LogP contribution is -2.49. The second-order valence-corrected chi connectivity index (χ2v) is 5.61. The molecule has 1 saturated heterocycles. The quantitative estimate of drug-likeness (QED) is 0.728. The molecule has 5 heteroatoms. The fraction of sp³-hybridized carbons (Fsp3) is 0.846. The van der Waals surface area contributed by atoms with E-state index in [9.17, 15) is 9.59 Å². The van der Waals surface area contributed by atoms with Crippen LogP contribution in [0.1, 0.15) is 47.0 Å². The summed E-state index contributed by atoms with van der Waals surface area (Å²) in [7, 11) is 0. The molecule has 1 aliphatic heterocycles. The number of esters is 1. The third-order valence-electron chi connectivity index (χ3n) is 2.57. The molecule has 1 heterocycles. The van der Waals surface area contributed by atoms with Gasteiger partial charge in [-0.2, -0.15) is 0 Å². The molecule has 0 radical (unpaired) electrons. The molecule has 0 saturated carbocycles. The molecule has 0 bridgehead atoms. The second-order valence-electron chi connectivity index (χ2n) is 5.61. The van der Waals surface area contributed by atoms with Crippen LogP contribution in [0.3, 0.4) is 0 Å². The van der Waals surface area contributed by atoms with Gasteiger partial charge < -0.3 is 9.47 Å². The molecule has 0 aromatic rings. The number of morpholine rings is 1. The van der Waals surface area contributed by atoms with Crippen LogP contribution in [0.25, 0.3) is 0 Å². The minimum absolute atomic E-state index is 0.0163. The minimum atomic E-state index is -0.544. The van der Waals surface area contributed by atoms with Gasteiger partial charge >= 0.3 is 12.1 Å². The summed E-state index contributed by atoms with van der Waals surface area (Å²) in [6.45, 7) is 7.92. The van der Waals surface area contributed by atoms with Gasteiger partial charge in [-0.15, -0.1) is 0 Å². The maximum Gasteiger partial charge on any atom is 0.410 e. The standard InChI is InChI=1S/C13H23NO4/c1-5-6-7-10-8-14(9-11(15)17-10)12(16)18-13(2,3)4/h10H,5-9H2,1-4H3/t10-/m0/s1. The second kappa shape index (κ2) is 6.07. The van der Waals surface area contributed by atoms with Crippen molar-refractivity contribution in [2.75, 3.05) is 13.1 Å². The van der Waals surface area contributed by atoms with Gasteiger partial charge in [-0.1, -0.05) is 13.3 Å². The van der Waals surface area contributed by atoms with Crippen LogP contribution in [0.15, 0.2) is 0 Å². The average molecular weight is 257 g/mol. The molecule has 18 heavy (non-hydrogen) atoms.